The summed E-state index contributed by atoms with van der Waals surface area (Å²) in [5.74, 6) is 1.83. The molecule has 154 valence electrons. The predicted molar refractivity (Wildman–Crippen MR) is 115 cm³/mol. The van der Waals surface area contributed by atoms with Gasteiger partial charge in [-0.2, -0.15) is 0 Å². The molecule has 0 saturated heterocycles. The first-order valence-electron chi connectivity index (χ1n) is 10.4. The molecule has 30 heavy (non-hydrogen) atoms. The highest BCUT2D eigenvalue weighted by Gasteiger charge is 2.13. The fraction of sp³-hybridized carbons (Fsp3) is 0.304. The fourth-order valence-corrected chi connectivity index (χ4v) is 3.56. The first-order chi connectivity index (χ1) is 14.9. The van der Waals surface area contributed by atoms with Crippen LogP contribution in [0.15, 0.2) is 73.3 Å². The van der Waals surface area contributed by atoms with Crippen molar-refractivity contribution in [2.24, 2.45) is 0 Å². The van der Waals surface area contributed by atoms with Crippen LogP contribution in [-0.2, 0) is 26.1 Å². The number of H-pyrrole nitrogens is 1. The van der Waals surface area contributed by atoms with Crippen molar-refractivity contribution in [2.75, 3.05) is 6.54 Å². The third-order valence-corrected chi connectivity index (χ3v) is 5.13. The molecule has 0 saturated carbocycles. The Morgan fingerprint density at radius 3 is 2.30 bits per heavy atom. The van der Waals surface area contributed by atoms with Gasteiger partial charge < -0.3 is 9.55 Å². The molecule has 2 aromatic heterocycles. The van der Waals surface area contributed by atoms with Gasteiger partial charge in [0.05, 0.1) is 19.6 Å². The SMILES string of the molecule is c1ccc(CCCCN(Cc2nnc[nH]2)Cc2nncn2Cc2ccccc2)cc1. The van der Waals surface area contributed by atoms with Gasteiger partial charge >= 0.3 is 0 Å². The van der Waals surface area contributed by atoms with E-state index in [9.17, 15) is 0 Å². The zero-order chi connectivity index (χ0) is 20.4. The van der Waals surface area contributed by atoms with E-state index >= 15 is 0 Å². The quantitative estimate of drug-likeness (QED) is 0.390. The molecule has 0 radical (unpaired) electrons. The van der Waals surface area contributed by atoms with Gasteiger partial charge in [0, 0.05) is 0 Å². The van der Waals surface area contributed by atoms with Crippen molar-refractivity contribution in [3.8, 4) is 0 Å². The molecule has 0 spiro atoms. The van der Waals surface area contributed by atoms with Crippen LogP contribution >= 0.6 is 0 Å². The summed E-state index contributed by atoms with van der Waals surface area (Å²) in [4.78, 5) is 5.47. The number of aromatic nitrogens is 6. The Labute approximate surface area is 176 Å². The van der Waals surface area contributed by atoms with Gasteiger partial charge in [-0.25, -0.2) is 0 Å². The van der Waals surface area contributed by atoms with Crippen LogP contribution in [0.4, 0.5) is 0 Å². The molecule has 2 heterocycles. The average molecular weight is 402 g/mol. The van der Waals surface area contributed by atoms with Crippen LogP contribution in [0.25, 0.3) is 0 Å². The van der Waals surface area contributed by atoms with E-state index in [1.165, 1.54) is 11.1 Å². The molecule has 4 aromatic rings. The van der Waals surface area contributed by atoms with Gasteiger partial charge in [0.2, 0.25) is 0 Å². The van der Waals surface area contributed by atoms with Crippen LogP contribution in [-0.4, -0.2) is 41.4 Å². The number of nitrogens with one attached hydrogen (secondary N) is 1. The van der Waals surface area contributed by atoms with Crippen LogP contribution in [0.2, 0.25) is 0 Å². The molecular formula is C23H27N7. The van der Waals surface area contributed by atoms with Crippen molar-refractivity contribution >= 4 is 0 Å². The summed E-state index contributed by atoms with van der Waals surface area (Å²) in [6, 6.07) is 21.1. The minimum atomic E-state index is 0.712. The van der Waals surface area contributed by atoms with Crippen molar-refractivity contribution < 1.29 is 0 Å². The lowest BCUT2D eigenvalue weighted by Crippen LogP contribution is -2.26. The fourth-order valence-electron chi connectivity index (χ4n) is 3.56. The smallest absolute Gasteiger partial charge is 0.147 e. The maximum absolute atomic E-state index is 4.38. The van der Waals surface area contributed by atoms with E-state index in [0.717, 1.165) is 50.5 Å². The molecule has 0 aliphatic heterocycles. The number of hydrogen-bond donors (Lipinski definition) is 1. The maximum Gasteiger partial charge on any atom is 0.147 e. The minimum absolute atomic E-state index is 0.712. The first-order valence-corrected chi connectivity index (χ1v) is 10.4. The van der Waals surface area contributed by atoms with Crippen molar-refractivity contribution in [3.63, 3.8) is 0 Å². The molecule has 7 heteroatoms. The Balaban J connectivity index is 1.37. The Kier molecular flexibility index (Phi) is 6.96. The summed E-state index contributed by atoms with van der Waals surface area (Å²) >= 11 is 0. The largest absolute Gasteiger partial charge is 0.330 e. The van der Waals surface area contributed by atoms with Gasteiger partial charge in [-0.15, -0.1) is 20.4 Å². The van der Waals surface area contributed by atoms with E-state index in [-0.39, 0.29) is 0 Å². The van der Waals surface area contributed by atoms with Gasteiger partial charge in [0.25, 0.3) is 0 Å². The van der Waals surface area contributed by atoms with E-state index < -0.39 is 0 Å². The lowest BCUT2D eigenvalue weighted by Gasteiger charge is -2.21. The molecular weight excluding hydrogens is 374 g/mol. The molecule has 2 aromatic carbocycles. The molecule has 0 unspecified atom stereocenters. The highest BCUT2D eigenvalue weighted by molar-refractivity contribution is 5.16. The van der Waals surface area contributed by atoms with Crippen LogP contribution in [0.5, 0.6) is 0 Å². The lowest BCUT2D eigenvalue weighted by molar-refractivity contribution is 0.236. The monoisotopic (exact) mass is 401 g/mol. The highest BCUT2D eigenvalue weighted by atomic mass is 15.3. The summed E-state index contributed by atoms with van der Waals surface area (Å²) in [6.07, 6.45) is 6.79. The number of unbranched alkanes of at least 4 members (excludes halogenated alkanes) is 1. The van der Waals surface area contributed by atoms with Crippen LogP contribution in [0.3, 0.4) is 0 Å². The highest BCUT2D eigenvalue weighted by Crippen LogP contribution is 2.11. The average Bonchev–Trinajstić information content (AvgIpc) is 3.45. The lowest BCUT2D eigenvalue weighted by atomic mass is 10.1. The Bertz CT molecular complexity index is 981. The maximum atomic E-state index is 4.38. The zero-order valence-corrected chi connectivity index (χ0v) is 17.1. The van der Waals surface area contributed by atoms with Gasteiger partial charge in [-0.05, 0) is 36.9 Å². The summed E-state index contributed by atoms with van der Waals surface area (Å²) in [6.45, 7) is 3.17. The second kappa shape index (κ2) is 10.5. The van der Waals surface area contributed by atoms with Gasteiger partial charge in [0.1, 0.15) is 24.3 Å². The molecule has 0 bridgehead atoms. The number of benzene rings is 2. The summed E-state index contributed by atoms with van der Waals surface area (Å²) in [5.41, 5.74) is 2.63. The van der Waals surface area contributed by atoms with E-state index in [0.29, 0.717) is 6.54 Å². The first kappa shape index (κ1) is 20.0. The van der Waals surface area contributed by atoms with Crippen LogP contribution in [0, 0.1) is 0 Å². The van der Waals surface area contributed by atoms with Crippen molar-refractivity contribution in [2.45, 2.75) is 38.9 Å². The van der Waals surface area contributed by atoms with Crippen molar-refractivity contribution in [3.05, 3.63) is 96.1 Å². The van der Waals surface area contributed by atoms with E-state index in [1.807, 2.05) is 12.4 Å². The minimum Gasteiger partial charge on any atom is -0.330 e. The van der Waals surface area contributed by atoms with Gasteiger partial charge in [-0.3, -0.25) is 4.90 Å². The third-order valence-electron chi connectivity index (χ3n) is 5.13. The number of nitrogens with zero attached hydrogens (tertiary/aromatic N) is 6. The third kappa shape index (κ3) is 5.84. The Morgan fingerprint density at radius 1 is 0.800 bits per heavy atom. The predicted octanol–water partition coefficient (Wildman–Crippen LogP) is 3.47. The Morgan fingerprint density at radius 2 is 1.57 bits per heavy atom. The van der Waals surface area contributed by atoms with E-state index in [1.54, 1.807) is 6.33 Å². The molecule has 0 amide bonds. The molecule has 0 fully saturated rings. The second-order valence-corrected chi connectivity index (χ2v) is 7.45. The topological polar surface area (TPSA) is 75.5 Å². The van der Waals surface area contributed by atoms with Crippen LogP contribution < -0.4 is 0 Å². The molecule has 1 N–H and O–H groups in total. The molecule has 4 rings (SSSR count). The summed E-state index contributed by atoms with van der Waals surface area (Å²) in [5, 5.41) is 16.6. The molecule has 0 aliphatic carbocycles. The second-order valence-electron chi connectivity index (χ2n) is 7.45. The Hall–Kier alpha value is -3.32. The zero-order valence-electron chi connectivity index (χ0n) is 17.1. The number of aryl methyl sites for hydroxylation is 1. The summed E-state index contributed by atoms with van der Waals surface area (Å²) in [7, 11) is 0. The van der Waals surface area contributed by atoms with Crippen molar-refractivity contribution in [1.29, 1.82) is 0 Å². The number of rotatable bonds is 11. The molecule has 0 aliphatic rings. The molecule has 7 nitrogen and oxygen atoms in total. The van der Waals surface area contributed by atoms with Gasteiger partial charge in [-0.1, -0.05) is 60.7 Å². The normalized spacial score (nSPS) is 11.2. The number of hydrogen-bond acceptors (Lipinski definition) is 5. The van der Waals surface area contributed by atoms with E-state index in [4.69, 9.17) is 0 Å². The van der Waals surface area contributed by atoms with Crippen molar-refractivity contribution in [1.82, 2.24) is 34.8 Å². The molecule has 0 atom stereocenters. The standard InChI is InChI=1S/C23H27N7/c1-3-9-20(10-4-1)11-7-8-14-29(16-22-24-18-25-27-22)17-23-28-26-19-30(23)15-21-12-5-2-6-13-21/h1-6,9-10,12-13,18-19H,7-8,11,14-17H2,(H,24,25,27). The van der Waals surface area contributed by atoms with E-state index in [2.05, 4.69) is 89.4 Å². The van der Waals surface area contributed by atoms with Crippen LogP contribution in [0.1, 0.15) is 35.6 Å². The van der Waals surface area contributed by atoms with Gasteiger partial charge in [0.15, 0.2) is 0 Å². The summed E-state index contributed by atoms with van der Waals surface area (Å²) < 4.78 is 2.12. The number of aromatic amines is 1.